The highest BCUT2D eigenvalue weighted by Gasteiger charge is 2.16. The molecule has 0 spiro atoms. The summed E-state index contributed by atoms with van der Waals surface area (Å²) in [5.74, 6) is 0.763. The lowest BCUT2D eigenvalue weighted by Gasteiger charge is -2.16. The number of halogens is 3. The van der Waals surface area contributed by atoms with Gasteiger partial charge < -0.3 is 4.74 Å². The molecule has 0 N–H and O–H groups in total. The van der Waals surface area contributed by atoms with E-state index in [0.717, 1.165) is 15.8 Å². The zero-order chi connectivity index (χ0) is 14.0. The van der Waals surface area contributed by atoms with E-state index in [9.17, 15) is 0 Å². The van der Waals surface area contributed by atoms with Gasteiger partial charge in [0.1, 0.15) is 5.75 Å². The zero-order valence-corrected chi connectivity index (χ0v) is 14.5. The molecule has 100 valence electrons. The molecular formula is C15H13Br2ClO. The van der Waals surface area contributed by atoms with Crippen molar-refractivity contribution in [3.05, 3.63) is 62.6 Å². The van der Waals surface area contributed by atoms with Gasteiger partial charge in [0.25, 0.3) is 0 Å². The van der Waals surface area contributed by atoms with E-state index in [2.05, 4.69) is 50.9 Å². The van der Waals surface area contributed by atoms with E-state index >= 15 is 0 Å². The number of hydrogen-bond acceptors (Lipinski definition) is 1. The molecule has 2 aromatic rings. The number of aryl methyl sites for hydroxylation is 1. The summed E-state index contributed by atoms with van der Waals surface area (Å²) in [6, 6.07) is 12.0. The lowest BCUT2D eigenvalue weighted by molar-refractivity contribution is 0.414. The Morgan fingerprint density at radius 3 is 2.47 bits per heavy atom. The summed E-state index contributed by atoms with van der Waals surface area (Å²) in [6.07, 6.45) is 0. The minimum Gasteiger partial charge on any atom is -0.497 e. The Hall–Kier alpha value is -0.510. The molecule has 0 saturated heterocycles. The first-order chi connectivity index (χ1) is 9.02. The van der Waals surface area contributed by atoms with Crippen LogP contribution in [0.3, 0.4) is 0 Å². The first-order valence-electron chi connectivity index (χ1n) is 5.76. The Bertz CT molecular complexity index is 599. The van der Waals surface area contributed by atoms with Crippen molar-refractivity contribution in [1.29, 1.82) is 0 Å². The molecule has 19 heavy (non-hydrogen) atoms. The fourth-order valence-corrected chi connectivity index (χ4v) is 3.58. The smallest absolute Gasteiger partial charge is 0.120 e. The van der Waals surface area contributed by atoms with Gasteiger partial charge in [-0.1, -0.05) is 55.6 Å². The van der Waals surface area contributed by atoms with Gasteiger partial charge in [-0.25, -0.2) is 0 Å². The highest BCUT2D eigenvalue weighted by molar-refractivity contribution is 9.10. The molecule has 0 bridgehead atoms. The van der Waals surface area contributed by atoms with Crippen molar-refractivity contribution < 1.29 is 4.74 Å². The van der Waals surface area contributed by atoms with E-state index in [1.54, 1.807) is 7.11 Å². The zero-order valence-electron chi connectivity index (χ0n) is 10.6. The van der Waals surface area contributed by atoms with Gasteiger partial charge in [0.05, 0.1) is 11.9 Å². The second kappa shape index (κ2) is 6.29. The van der Waals surface area contributed by atoms with Crippen LogP contribution in [0, 0.1) is 6.92 Å². The second-order valence-corrected chi connectivity index (χ2v) is 6.49. The molecule has 1 unspecified atom stereocenters. The number of alkyl halides is 1. The number of benzene rings is 2. The van der Waals surface area contributed by atoms with Crippen LogP contribution in [0.25, 0.3) is 0 Å². The summed E-state index contributed by atoms with van der Waals surface area (Å²) in [5, 5.41) is 0.695. The largest absolute Gasteiger partial charge is 0.497 e. The highest BCUT2D eigenvalue weighted by Crippen LogP contribution is 2.38. The molecule has 0 heterocycles. The van der Waals surface area contributed by atoms with Crippen molar-refractivity contribution in [2.45, 2.75) is 11.8 Å². The average Bonchev–Trinajstić information content (AvgIpc) is 2.40. The van der Waals surface area contributed by atoms with Crippen LogP contribution in [0.2, 0.25) is 5.02 Å². The maximum absolute atomic E-state index is 6.32. The van der Waals surface area contributed by atoms with Crippen molar-refractivity contribution in [3.63, 3.8) is 0 Å². The molecule has 1 nitrogen and oxygen atoms in total. The van der Waals surface area contributed by atoms with Crippen LogP contribution in [0.4, 0.5) is 0 Å². The molecule has 0 radical (unpaired) electrons. The maximum Gasteiger partial charge on any atom is 0.120 e. The molecule has 0 aromatic heterocycles. The number of methoxy groups -OCH3 is 1. The van der Waals surface area contributed by atoms with Gasteiger partial charge in [-0.05, 0) is 47.9 Å². The van der Waals surface area contributed by atoms with Gasteiger partial charge in [0.15, 0.2) is 0 Å². The quantitative estimate of drug-likeness (QED) is 0.579. The number of ether oxygens (including phenoxy) is 1. The Labute approximate surface area is 135 Å². The lowest BCUT2D eigenvalue weighted by atomic mass is 10.0. The molecule has 0 aliphatic rings. The van der Waals surface area contributed by atoms with Crippen molar-refractivity contribution in [2.24, 2.45) is 0 Å². The summed E-state index contributed by atoms with van der Waals surface area (Å²) < 4.78 is 6.23. The van der Waals surface area contributed by atoms with Gasteiger partial charge in [0, 0.05) is 9.50 Å². The number of rotatable bonds is 3. The van der Waals surface area contributed by atoms with Gasteiger partial charge in [-0.3, -0.25) is 0 Å². The second-order valence-electron chi connectivity index (χ2n) is 4.25. The van der Waals surface area contributed by atoms with Gasteiger partial charge in [0.2, 0.25) is 0 Å². The maximum atomic E-state index is 6.32. The van der Waals surface area contributed by atoms with Crippen molar-refractivity contribution in [3.8, 4) is 5.75 Å². The Balaban J connectivity index is 2.43. The summed E-state index contributed by atoms with van der Waals surface area (Å²) >= 11 is 13.6. The molecule has 0 aliphatic carbocycles. The monoisotopic (exact) mass is 402 g/mol. The molecule has 0 amide bonds. The molecule has 1 atom stereocenters. The topological polar surface area (TPSA) is 9.23 Å². The predicted molar refractivity (Wildman–Crippen MR) is 87.7 cm³/mol. The first kappa shape index (κ1) is 14.9. The Kier molecular flexibility index (Phi) is 4.93. The third-order valence-corrected chi connectivity index (χ3v) is 4.80. The van der Waals surface area contributed by atoms with E-state index in [4.69, 9.17) is 16.3 Å². The van der Waals surface area contributed by atoms with Crippen molar-refractivity contribution in [1.82, 2.24) is 0 Å². The minimum absolute atomic E-state index is 0.0587. The van der Waals surface area contributed by atoms with E-state index in [1.165, 1.54) is 11.1 Å². The summed E-state index contributed by atoms with van der Waals surface area (Å²) in [6.45, 7) is 2.09. The van der Waals surface area contributed by atoms with Gasteiger partial charge in [-0.15, -0.1) is 0 Å². The number of hydrogen-bond donors (Lipinski definition) is 0. The van der Waals surface area contributed by atoms with Crippen LogP contribution in [0.1, 0.15) is 21.5 Å². The van der Waals surface area contributed by atoms with E-state index in [-0.39, 0.29) is 4.83 Å². The van der Waals surface area contributed by atoms with Crippen molar-refractivity contribution >= 4 is 43.5 Å². The normalized spacial score (nSPS) is 12.3. The Morgan fingerprint density at radius 1 is 1.11 bits per heavy atom. The molecule has 0 saturated carbocycles. The van der Waals surface area contributed by atoms with Crippen LogP contribution in [-0.4, -0.2) is 7.11 Å². The minimum atomic E-state index is 0.0587. The Morgan fingerprint density at radius 2 is 1.84 bits per heavy atom. The molecule has 2 aromatic carbocycles. The van der Waals surface area contributed by atoms with Crippen LogP contribution >= 0.6 is 43.5 Å². The standard InChI is InChI=1S/C15H13Br2ClO/c1-9-3-4-10(16)7-13(9)15(17)12-6-5-11(19-2)8-14(12)18/h3-8,15H,1-2H3. The van der Waals surface area contributed by atoms with Gasteiger partial charge in [-0.2, -0.15) is 0 Å². The van der Waals surface area contributed by atoms with Crippen molar-refractivity contribution in [2.75, 3.05) is 7.11 Å². The van der Waals surface area contributed by atoms with Crippen LogP contribution in [0.15, 0.2) is 40.9 Å². The van der Waals surface area contributed by atoms with Crippen LogP contribution in [-0.2, 0) is 0 Å². The highest BCUT2D eigenvalue weighted by atomic mass is 79.9. The molecule has 2 rings (SSSR count). The van der Waals surface area contributed by atoms with Crippen LogP contribution < -0.4 is 4.74 Å². The predicted octanol–water partition coefficient (Wildman–Crippen LogP) is 5.90. The lowest BCUT2D eigenvalue weighted by Crippen LogP contribution is -1.97. The fraction of sp³-hybridized carbons (Fsp3) is 0.200. The summed E-state index contributed by atoms with van der Waals surface area (Å²) in [7, 11) is 1.63. The van der Waals surface area contributed by atoms with E-state index < -0.39 is 0 Å². The average molecular weight is 405 g/mol. The SMILES string of the molecule is COc1ccc(C(Br)c2cc(Br)ccc2C)c(Cl)c1. The summed E-state index contributed by atoms with van der Waals surface area (Å²) in [5.41, 5.74) is 3.45. The van der Waals surface area contributed by atoms with E-state index in [1.807, 2.05) is 24.3 Å². The van der Waals surface area contributed by atoms with E-state index in [0.29, 0.717) is 5.02 Å². The molecule has 0 fully saturated rings. The molecule has 4 heteroatoms. The third kappa shape index (κ3) is 3.33. The van der Waals surface area contributed by atoms with Gasteiger partial charge >= 0.3 is 0 Å². The summed E-state index contributed by atoms with van der Waals surface area (Å²) in [4.78, 5) is 0.0587. The molecular weight excluding hydrogens is 391 g/mol. The first-order valence-corrected chi connectivity index (χ1v) is 7.85. The third-order valence-electron chi connectivity index (χ3n) is 3.00. The molecule has 0 aliphatic heterocycles. The fourth-order valence-electron chi connectivity index (χ4n) is 1.89. The van der Waals surface area contributed by atoms with Crippen LogP contribution in [0.5, 0.6) is 5.75 Å².